The highest BCUT2D eigenvalue weighted by Crippen LogP contribution is 2.18. The van der Waals surface area contributed by atoms with Crippen LogP contribution in [0.3, 0.4) is 0 Å². The molecule has 0 aliphatic carbocycles. The van der Waals surface area contributed by atoms with Gasteiger partial charge >= 0.3 is 0 Å². The first-order chi connectivity index (χ1) is 8.69. The first-order valence-corrected chi connectivity index (χ1v) is 7.71. The minimum absolute atomic E-state index is 0.901. The van der Waals surface area contributed by atoms with E-state index in [9.17, 15) is 0 Å². The van der Waals surface area contributed by atoms with Crippen molar-refractivity contribution in [1.29, 1.82) is 0 Å². The first-order valence-electron chi connectivity index (χ1n) is 6.04. The van der Waals surface area contributed by atoms with Crippen molar-refractivity contribution >= 4 is 27.3 Å². The Morgan fingerprint density at radius 2 is 2.06 bits per heavy atom. The molecule has 0 fully saturated rings. The summed E-state index contributed by atoms with van der Waals surface area (Å²) < 4.78 is 1.17. The molecule has 2 rings (SSSR count). The van der Waals surface area contributed by atoms with Crippen molar-refractivity contribution in [1.82, 2.24) is 9.88 Å². The number of rotatable bonds is 5. The molecular formula is C14H17BrN2S. The normalized spacial score (nSPS) is 11.1. The van der Waals surface area contributed by atoms with Crippen LogP contribution >= 0.6 is 27.3 Å². The van der Waals surface area contributed by atoms with E-state index in [2.05, 4.69) is 63.4 Å². The Hall–Kier alpha value is -0.710. The third kappa shape index (κ3) is 3.64. The SMILES string of the molecule is CCc1nc(CN(C)Cc2ccccc2Br)cs1. The maximum absolute atomic E-state index is 4.60. The van der Waals surface area contributed by atoms with Gasteiger partial charge in [-0.05, 0) is 25.1 Å². The number of halogens is 1. The number of hydrogen-bond donors (Lipinski definition) is 0. The summed E-state index contributed by atoms with van der Waals surface area (Å²) in [6.07, 6.45) is 1.03. The molecule has 2 nitrogen and oxygen atoms in total. The topological polar surface area (TPSA) is 16.1 Å². The summed E-state index contributed by atoms with van der Waals surface area (Å²) in [5, 5.41) is 3.38. The molecule has 0 aliphatic rings. The Kier molecular flexibility index (Phi) is 4.92. The second kappa shape index (κ2) is 6.45. The summed E-state index contributed by atoms with van der Waals surface area (Å²) in [7, 11) is 2.13. The zero-order chi connectivity index (χ0) is 13.0. The summed E-state index contributed by atoms with van der Waals surface area (Å²) >= 11 is 5.34. The average Bonchev–Trinajstić information content (AvgIpc) is 2.80. The monoisotopic (exact) mass is 324 g/mol. The third-order valence-corrected chi connectivity index (χ3v) is 4.55. The van der Waals surface area contributed by atoms with Crippen LogP contribution in [0.1, 0.15) is 23.2 Å². The number of hydrogen-bond acceptors (Lipinski definition) is 3. The molecule has 1 aromatic heterocycles. The fourth-order valence-electron chi connectivity index (χ4n) is 1.83. The Morgan fingerprint density at radius 1 is 1.28 bits per heavy atom. The zero-order valence-corrected chi connectivity index (χ0v) is 13.1. The van der Waals surface area contributed by atoms with Gasteiger partial charge in [0.05, 0.1) is 10.7 Å². The van der Waals surface area contributed by atoms with Crippen molar-refractivity contribution in [3.63, 3.8) is 0 Å². The van der Waals surface area contributed by atoms with Gasteiger partial charge in [0.15, 0.2) is 0 Å². The van der Waals surface area contributed by atoms with Crippen molar-refractivity contribution in [2.24, 2.45) is 0 Å². The summed E-state index contributed by atoms with van der Waals surface area (Å²) in [6, 6.07) is 8.35. The van der Waals surface area contributed by atoms with Crippen molar-refractivity contribution in [2.75, 3.05) is 7.05 Å². The smallest absolute Gasteiger partial charge is 0.0926 e. The summed E-state index contributed by atoms with van der Waals surface area (Å²) in [5.41, 5.74) is 2.48. The maximum atomic E-state index is 4.60. The number of benzene rings is 1. The summed E-state index contributed by atoms with van der Waals surface area (Å²) in [4.78, 5) is 6.88. The lowest BCUT2D eigenvalue weighted by molar-refractivity contribution is 0.315. The van der Waals surface area contributed by atoms with Gasteiger partial charge in [0.2, 0.25) is 0 Å². The molecule has 0 spiro atoms. The predicted molar refractivity (Wildman–Crippen MR) is 80.8 cm³/mol. The standard InChI is InChI=1S/C14H17BrN2S/c1-3-14-16-12(10-18-14)9-17(2)8-11-6-4-5-7-13(11)15/h4-7,10H,3,8-9H2,1-2H3. The van der Waals surface area contributed by atoms with E-state index in [0.717, 1.165) is 19.5 Å². The molecular weight excluding hydrogens is 308 g/mol. The molecule has 0 bridgehead atoms. The van der Waals surface area contributed by atoms with Crippen LogP contribution in [0.2, 0.25) is 0 Å². The van der Waals surface area contributed by atoms with E-state index in [1.807, 2.05) is 6.07 Å². The lowest BCUT2D eigenvalue weighted by Gasteiger charge is -2.16. The third-order valence-electron chi connectivity index (χ3n) is 2.73. The fraction of sp³-hybridized carbons (Fsp3) is 0.357. The second-order valence-electron chi connectivity index (χ2n) is 4.35. The summed E-state index contributed by atoms with van der Waals surface area (Å²) in [6.45, 7) is 3.98. The van der Waals surface area contributed by atoms with Gasteiger partial charge in [-0.3, -0.25) is 4.90 Å². The summed E-state index contributed by atoms with van der Waals surface area (Å²) in [5.74, 6) is 0. The number of thiazole rings is 1. The highest BCUT2D eigenvalue weighted by atomic mass is 79.9. The number of aryl methyl sites for hydroxylation is 1. The molecule has 18 heavy (non-hydrogen) atoms. The molecule has 0 amide bonds. The van der Waals surface area contributed by atoms with E-state index in [1.165, 1.54) is 20.7 Å². The average molecular weight is 325 g/mol. The molecule has 0 aliphatic heterocycles. The zero-order valence-electron chi connectivity index (χ0n) is 10.7. The molecule has 4 heteroatoms. The van der Waals surface area contributed by atoms with E-state index < -0.39 is 0 Å². The fourth-order valence-corrected chi connectivity index (χ4v) is 2.98. The van der Waals surface area contributed by atoms with Crippen LogP contribution in [0.5, 0.6) is 0 Å². The van der Waals surface area contributed by atoms with E-state index >= 15 is 0 Å². The molecule has 2 aromatic rings. The van der Waals surface area contributed by atoms with Gasteiger partial charge in [-0.1, -0.05) is 41.1 Å². The van der Waals surface area contributed by atoms with Crippen LogP contribution in [0.25, 0.3) is 0 Å². The van der Waals surface area contributed by atoms with Crippen LogP contribution in [0.4, 0.5) is 0 Å². The van der Waals surface area contributed by atoms with Gasteiger partial charge in [-0.15, -0.1) is 11.3 Å². The van der Waals surface area contributed by atoms with E-state index in [4.69, 9.17) is 0 Å². The minimum atomic E-state index is 0.901. The first kappa shape index (κ1) is 13.7. The maximum Gasteiger partial charge on any atom is 0.0926 e. The largest absolute Gasteiger partial charge is 0.296 e. The molecule has 0 atom stereocenters. The van der Waals surface area contributed by atoms with Gasteiger partial charge in [-0.25, -0.2) is 4.98 Å². The molecule has 0 saturated carbocycles. The predicted octanol–water partition coefficient (Wildman–Crippen LogP) is 4.10. The molecule has 96 valence electrons. The van der Waals surface area contributed by atoms with Crippen LogP contribution in [0.15, 0.2) is 34.1 Å². The Morgan fingerprint density at radius 3 is 2.72 bits per heavy atom. The van der Waals surface area contributed by atoms with Gasteiger partial charge in [0, 0.05) is 22.9 Å². The number of nitrogens with zero attached hydrogens (tertiary/aromatic N) is 2. The molecule has 0 radical (unpaired) electrons. The second-order valence-corrected chi connectivity index (χ2v) is 6.15. The minimum Gasteiger partial charge on any atom is -0.296 e. The van der Waals surface area contributed by atoms with E-state index in [0.29, 0.717) is 0 Å². The van der Waals surface area contributed by atoms with Gasteiger partial charge in [0.1, 0.15) is 0 Å². The van der Waals surface area contributed by atoms with Crippen molar-refractivity contribution in [2.45, 2.75) is 26.4 Å². The number of aromatic nitrogens is 1. The van der Waals surface area contributed by atoms with E-state index in [-0.39, 0.29) is 0 Å². The van der Waals surface area contributed by atoms with Crippen molar-refractivity contribution < 1.29 is 0 Å². The van der Waals surface area contributed by atoms with Crippen LogP contribution in [-0.2, 0) is 19.5 Å². The van der Waals surface area contributed by atoms with Crippen molar-refractivity contribution in [3.8, 4) is 0 Å². The molecule has 0 N–H and O–H groups in total. The van der Waals surface area contributed by atoms with Crippen LogP contribution in [0, 0.1) is 0 Å². The quantitative estimate of drug-likeness (QED) is 0.823. The van der Waals surface area contributed by atoms with Gasteiger partial charge in [0.25, 0.3) is 0 Å². The van der Waals surface area contributed by atoms with Crippen LogP contribution < -0.4 is 0 Å². The van der Waals surface area contributed by atoms with Gasteiger partial charge in [-0.2, -0.15) is 0 Å². The molecule has 1 aromatic carbocycles. The molecule has 1 heterocycles. The highest BCUT2D eigenvalue weighted by molar-refractivity contribution is 9.10. The lowest BCUT2D eigenvalue weighted by atomic mass is 10.2. The molecule has 0 unspecified atom stereocenters. The molecule has 0 saturated heterocycles. The Labute approximate surface area is 121 Å². The van der Waals surface area contributed by atoms with E-state index in [1.54, 1.807) is 11.3 Å². The Bertz CT molecular complexity index is 510. The highest BCUT2D eigenvalue weighted by Gasteiger charge is 2.07. The van der Waals surface area contributed by atoms with Gasteiger partial charge < -0.3 is 0 Å². The Balaban J connectivity index is 1.96. The van der Waals surface area contributed by atoms with Crippen LogP contribution in [-0.4, -0.2) is 16.9 Å². The lowest BCUT2D eigenvalue weighted by Crippen LogP contribution is -2.17. The van der Waals surface area contributed by atoms with Crippen molar-refractivity contribution in [3.05, 3.63) is 50.4 Å².